The van der Waals surface area contributed by atoms with Crippen LogP contribution in [-0.4, -0.2) is 45.6 Å². The summed E-state index contributed by atoms with van der Waals surface area (Å²) in [6.45, 7) is 0.0681. The summed E-state index contributed by atoms with van der Waals surface area (Å²) in [7, 11) is 0. The maximum absolute atomic E-state index is 13.9. The minimum absolute atomic E-state index is 0.0143. The molecule has 0 saturated carbocycles. The first-order chi connectivity index (χ1) is 22.6. The summed E-state index contributed by atoms with van der Waals surface area (Å²) in [6.07, 6.45) is 5.07. The van der Waals surface area contributed by atoms with Gasteiger partial charge in [-0.25, -0.2) is 18.2 Å². The Labute approximate surface area is 270 Å². The molecular formula is C38H33F3N4O2. The standard InChI is InChI=1S/C38H33F3N4O2/c39-30-10-7-27(8-11-30)34-23-29(26-3-5-28(6-4-26)37(47)45-21-19-38(40,41)20-22-45)9-16-33(34)35-17-13-31(44-35)12-15-32(46)14-1-25-2-18-36(42)43-24-25/h1-11,13-14,16-18,23-24,44H,12,15,19-22H2,(H2,42,43)/b14-1+. The van der Waals surface area contributed by atoms with Crippen molar-refractivity contribution in [3.05, 3.63) is 126 Å². The fraction of sp³-hybridized carbons (Fsp3) is 0.184. The first kappa shape index (κ1) is 31.5. The van der Waals surface area contributed by atoms with Gasteiger partial charge < -0.3 is 15.6 Å². The van der Waals surface area contributed by atoms with Gasteiger partial charge in [-0.1, -0.05) is 36.4 Å². The van der Waals surface area contributed by atoms with Crippen molar-refractivity contribution in [1.29, 1.82) is 0 Å². The van der Waals surface area contributed by atoms with Gasteiger partial charge in [0.05, 0.1) is 0 Å². The SMILES string of the molecule is Nc1ccc(/C=C/C(=O)CCc2ccc(-c3ccc(-c4ccc(C(=O)N5CCC(F)(F)CC5)cc4)cc3-c3ccc(F)cc3)[nH]2)cn1. The lowest BCUT2D eigenvalue weighted by Gasteiger charge is -2.31. The number of benzene rings is 3. The number of aromatic amines is 1. The third-order valence-corrected chi connectivity index (χ3v) is 8.37. The van der Waals surface area contributed by atoms with Crippen LogP contribution in [0.1, 0.15) is 40.9 Å². The van der Waals surface area contributed by atoms with Crippen molar-refractivity contribution in [2.45, 2.75) is 31.6 Å². The van der Waals surface area contributed by atoms with Crippen molar-refractivity contribution in [3.63, 3.8) is 0 Å². The number of pyridine rings is 1. The maximum Gasteiger partial charge on any atom is 0.253 e. The van der Waals surface area contributed by atoms with Crippen LogP contribution in [0.25, 0.3) is 39.6 Å². The van der Waals surface area contributed by atoms with E-state index in [0.717, 1.165) is 44.8 Å². The number of nitrogens with two attached hydrogens (primary N) is 1. The zero-order valence-corrected chi connectivity index (χ0v) is 25.6. The predicted octanol–water partition coefficient (Wildman–Crippen LogP) is 8.22. The van der Waals surface area contributed by atoms with Gasteiger partial charge in [0.25, 0.3) is 11.8 Å². The summed E-state index contributed by atoms with van der Waals surface area (Å²) >= 11 is 0. The molecule has 2 aromatic heterocycles. The van der Waals surface area contributed by atoms with Crippen LogP contribution in [0.4, 0.5) is 19.0 Å². The molecule has 3 heterocycles. The second-order valence-electron chi connectivity index (χ2n) is 11.7. The van der Waals surface area contributed by atoms with Crippen LogP contribution in [0.3, 0.4) is 0 Å². The first-order valence-corrected chi connectivity index (χ1v) is 15.4. The summed E-state index contributed by atoms with van der Waals surface area (Å²) in [6, 6.07) is 26.8. The van der Waals surface area contributed by atoms with Gasteiger partial charge in [0.15, 0.2) is 5.78 Å². The van der Waals surface area contributed by atoms with E-state index in [1.807, 2.05) is 42.5 Å². The highest BCUT2D eigenvalue weighted by atomic mass is 19.3. The number of hydrogen-bond donors (Lipinski definition) is 2. The van der Waals surface area contributed by atoms with E-state index in [0.29, 0.717) is 24.2 Å². The van der Waals surface area contributed by atoms with Gasteiger partial charge in [-0.2, -0.15) is 0 Å². The Bertz CT molecular complexity index is 1900. The van der Waals surface area contributed by atoms with Crippen LogP contribution in [0, 0.1) is 5.82 Å². The molecule has 1 saturated heterocycles. The number of rotatable bonds is 9. The number of aromatic nitrogens is 2. The smallest absolute Gasteiger partial charge is 0.253 e. The number of halogens is 3. The second-order valence-corrected chi connectivity index (χ2v) is 11.7. The molecule has 1 aliphatic rings. The Morgan fingerprint density at radius 1 is 0.851 bits per heavy atom. The molecule has 6 nitrogen and oxygen atoms in total. The van der Waals surface area contributed by atoms with Gasteiger partial charge >= 0.3 is 0 Å². The number of allylic oxidation sites excluding steroid dienone is 1. The second kappa shape index (κ2) is 13.5. The lowest BCUT2D eigenvalue weighted by Crippen LogP contribution is -2.42. The number of alkyl halides is 2. The van der Waals surface area contributed by atoms with Crippen LogP contribution in [-0.2, 0) is 11.2 Å². The Kier molecular flexibility index (Phi) is 9.06. The third-order valence-electron chi connectivity index (χ3n) is 8.37. The van der Waals surface area contributed by atoms with Gasteiger partial charge in [-0.3, -0.25) is 9.59 Å². The van der Waals surface area contributed by atoms with Crippen molar-refractivity contribution < 1.29 is 22.8 Å². The Morgan fingerprint density at radius 3 is 2.26 bits per heavy atom. The zero-order chi connectivity index (χ0) is 33.0. The molecule has 0 radical (unpaired) electrons. The van der Waals surface area contributed by atoms with Crippen molar-refractivity contribution >= 4 is 23.6 Å². The molecule has 0 bridgehead atoms. The highest BCUT2D eigenvalue weighted by molar-refractivity contribution is 5.95. The molecule has 6 rings (SSSR count). The highest BCUT2D eigenvalue weighted by Gasteiger charge is 2.35. The van der Waals surface area contributed by atoms with Crippen molar-refractivity contribution in [3.8, 4) is 33.5 Å². The highest BCUT2D eigenvalue weighted by Crippen LogP contribution is 2.36. The maximum atomic E-state index is 13.9. The summed E-state index contributed by atoms with van der Waals surface area (Å²) in [5.41, 5.74) is 13.0. The van der Waals surface area contributed by atoms with E-state index in [1.54, 1.807) is 54.7 Å². The normalized spacial score (nSPS) is 14.4. The molecule has 238 valence electrons. The third kappa shape index (κ3) is 7.69. The number of likely N-dealkylation sites (tertiary alicyclic amines) is 1. The van der Waals surface area contributed by atoms with Gasteiger partial charge in [-0.05, 0) is 101 Å². The lowest BCUT2D eigenvalue weighted by atomic mass is 9.93. The number of ketones is 1. The number of aryl methyl sites for hydroxylation is 1. The average Bonchev–Trinajstić information content (AvgIpc) is 3.56. The molecule has 3 aromatic carbocycles. The van der Waals surface area contributed by atoms with Gasteiger partial charge in [0.2, 0.25) is 0 Å². The lowest BCUT2D eigenvalue weighted by molar-refractivity contribution is -0.114. The number of carbonyl (C=O) groups is 2. The Balaban J connectivity index is 1.20. The average molecular weight is 635 g/mol. The molecule has 9 heteroatoms. The number of anilines is 1. The van der Waals surface area contributed by atoms with E-state index < -0.39 is 5.92 Å². The summed E-state index contributed by atoms with van der Waals surface area (Å²) < 4.78 is 41.0. The summed E-state index contributed by atoms with van der Waals surface area (Å²) in [5, 5.41) is 0. The number of nitrogens with one attached hydrogen (secondary N) is 1. The van der Waals surface area contributed by atoms with Crippen molar-refractivity contribution in [2.24, 2.45) is 0 Å². The van der Waals surface area contributed by atoms with Crippen molar-refractivity contribution in [2.75, 3.05) is 18.8 Å². The molecule has 0 atom stereocenters. The molecule has 0 spiro atoms. The number of carbonyl (C=O) groups excluding carboxylic acids is 2. The van der Waals surface area contributed by atoms with Crippen LogP contribution >= 0.6 is 0 Å². The van der Waals surface area contributed by atoms with E-state index in [1.165, 1.54) is 17.0 Å². The van der Waals surface area contributed by atoms with Crippen LogP contribution in [0.15, 0.2) is 103 Å². The molecule has 0 aliphatic carbocycles. The van der Waals surface area contributed by atoms with E-state index in [-0.39, 0.29) is 43.4 Å². The number of piperidine rings is 1. The minimum atomic E-state index is -2.72. The molecule has 0 unspecified atom stereocenters. The van der Waals surface area contributed by atoms with E-state index in [4.69, 9.17) is 5.73 Å². The number of amides is 1. The van der Waals surface area contributed by atoms with Crippen LogP contribution in [0.5, 0.6) is 0 Å². The van der Waals surface area contributed by atoms with Gasteiger partial charge in [0, 0.05) is 61.1 Å². The van der Waals surface area contributed by atoms with E-state index in [9.17, 15) is 22.8 Å². The largest absolute Gasteiger partial charge is 0.384 e. The number of H-pyrrole nitrogens is 1. The molecule has 5 aromatic rings. The van der Waals surface area contributed by atoms with Gasteiger partial charge in [-0.15, -0.1) is 0 Å². The molecule has 1 aliphatic heterocycles. The van der Waals surface area contributed by atoms with Crippen molar-refractivity contribution in [1.82, 2.24) is 14.9 Å². The topological polar surface area (TPSA) is 92.1 Å². The molecule has 1 fully saturated rings. The molecule has 1 amide bonds. The molecule has 47 heavy (non-hydrogen) atoms. The summed E-state index contributed by atoms with van der Waals surface area (Å²) in [5.74, 6) is -2.90. The first-order valence-electron chi connectivity index (χ1n) is 15.4. The predicted molar refractivity (Wildman–Crippen MR) is 178 cm³/mol. The fourth-order valence-electron chi connectivity index (χ4n) is 5.64. The van der Waals surface area contributed by atoms with Gasteiger partial charge in [0.1, 0.15) is 11.6 Å². The molecular weight excluding hydrogens is 601 g/mol. The Hall–Kier alpha value is -5.44. The fourth-order valence-corrected chi connectivity index (χ4v) is 5.64. The molecule has 3 N–H and O–H groups in total. The van der Waals surface area contributed by atoms with E-state index in [2.05, 4.69) is 9.97 Å². The quantitative estimate of drug-likeness (QED) is 0.160. The summed E-state index contributed by atoms with van der Waals surface area (Å²) in [4.78, 5) is 34.4. The minimum Gasteiger partial charge on any atom is -0.384 e. The zero-order valence-electron chi connectivity index (χ0n) is 25.6. The van der Waals surface area contributed by atoms with Crippen LogP contribution in [0.2, 0.25) is 0 Å². The number of hydrogen-bond acceptors (Lipinski definition) is 4. The Morgan fingerprint density at radius 2 is 1.55 bits per heavy atom. The monoisotopic (exact) mass is 634 g/mol. The number of nitrogens with zero attached hydrogens (tertiary/aromatic N) is 2. The number of nitrogen functional groups attached to an aromatic ring is 1. The van der Waals surface area contributed by atoms with Crippen LogP contribution < -0.4 is 5.73 Å². The van der Waals surface area contributed by atoms with E-state index >= 15 is 0 Å².